The molecule has 2 N–H and O–H groups in total. The Bertz CT molecular complexity index is 1150. The van der Waals surface area contributed by atoms with Crippen LogP contribution in [0.3, 0.4) is 0 Å². The average Bonchev–Trinajstić information content (AvgIpc) is 3.35. The van der Waals surface area contributed by atoms with Crippen LogP contribution < -0.4 is 11.1 Å². The number of H-pyrrole nitrogens is 2. The van der Waals surface area contributed by atoms with Crippen LogP contribution in [0.4, 0.5) is 0 Å². The number of pyridine rings is 1. The first-order valence-electron chi connectivity index (χ1n) is 9.06. The number of aromatic nitrogens is 3. The number of thiophene rings is 1. The Hall–Kier alpha value is -3.00. The van der Waals surface area contributed by atoms with Crippen LogP contribution in [0.1, 0.15) is 39.8 Å². The molecular formula is C20H20N4O3S. The van der Waals surface area contributed by atoms with Crippen molar-refractivity contribution in [1.82, 2.24) is 19.9 Å². The topological polar surface area (TPSA) is 98.9 Å². The van der Waals surface area contributed by atoms with Gasteiger partial charge in [-0.25, -0.2) is 4.98 Å². The molecule has 1 aliphatic rings. The molecule has 0 saturated carbocycles. The van der Waals surface area contributed by atoms with E-state index in [4.69, 9.17) is 0 Å². The van der Waals surface area contributed by atoms with E-state index >= 15 is 0 Å². The molecule has 4 heterocycles. The molecule has 144 valence electrons. The number of nitrogens with one attached hydrogen (secondary N) is 2. The minimum atomic E-state index is -0.373. The first-order valence-corrected chi connectivity index (χ1v) is 10.0. The van der Waals surface area contributed by atoms with Crippen molar-refractivity contribution in [3.05, 3.63) is 72.3 Å². The third kappa shape index (κ3) is 3.43. The van der Waals surface area contributed by atoms with Gasteiger partial charge in [0.05, 0.1) is 5.69 Å². The summed E-state index contributed by atoms with van der Waals surface area (Å²) in [5, 5.41) is 3.89. The lowest BCUT2D eigenvalue weighted by molar-refractivity contribution is 0.0788. The van der Waals surface area contributed by atoms with Gasteiger partial charge in [-0.15, -0.1) is 0 Å². The number of rotatable bonds is 3. The number of amides is 1. The first kappa shape index (κ1) is 18.4. The number of carbonyl (C=O) groups excluding carboxylic acids is 1. The molecule has 3 aromatic rings. The number of carbonyl (C=O) groups is 1. The smallest absolute Gasteiger partial charge is 0.261 e. The molecule has 0 aliphatic carbocycles. The molecule has 1 saturated heterocycles. The van der Waals surface area contributed by atoms with Crippen LogP contribution in [0.2, 0.25) is 0 Å². The molecule has 1 fully saturated rings. The molecule has 0 bridgehead atoms. The highest BCUT2D eigenvalue weighted by molar-refractivity contribution is 7.08. The van der Waals surface area contributed by atoms with Gasteiger partial charge < -0.3 is 14.9 Å². The van der Waals surface area contributed by atoms with E-state index in [1.165, 1.54) is 6.07 Å². The molecule has 0 aromatic carbocycles. The minimum Gasteiger partial charge on any atom is -0.338 e. The average molecular weight is 396 g/mol. The zero-order valence-electron chi connectivity index (χ0n) is 15.6. The van der Waals surface area contributed by atoms with Gasteiger partial charge in [0, 0.05) is 41.7 Å². The van der Waals surface area contributed by atoms with Crippen LogP contribution in [-0.4, -0.2) is 38.8 Å². The normalized spacial score (nSPS) is 16.5. The lowest BCUT2D eigenvalue weighted by Gasteiger charge is -2.16. The summed E-state index contributed by atoms with van der Waals surface area (Å²) in [7, 11) is 0. The number of hydrogen-bond acceptors (Lipinski definition) is 5. The fourth-order valence-electron chi connectivity index (χ4n) is 3.45. The van der Waals surface area contributed by atoms with Crippen LogP contribution in [0.5, 0.6) is 0 Å². The molecule has 3 aromatic heterocycles. The number of nitrogens with zero attached hydrogens (tertiary/aromatic N) is 2. The maximum atomic E-state index is 12.8. The number of aromatic amines is 2. The van der Waals surface area contributed by atoms with Crippen molar-refractivity contribution in [2.24, 2.45) is 0 Å². The summed E-state index contributed by atoms with van der Waals surface area (Å²) in [5.74, 6) is 0.224. The zero-order chi connectivity index (χ0) is 19.8. The Morgan fingerprint density at radius 3 is 2.82 bits per heavy atom. The summed E-state index contributed by atoms with van der Waals surface area (Å²) in [5.41, 5.74) is 2.74. The van der Waals surface area contributed by atoms with Crippen LogP contribution in [-0.2, 0) is 0 Å². The summed E-state index contributed by atoms with van der Waals surface area (Å²) in [6, 6.07) is 5.05. The molecule has 1 amide bonds. The van der Waals surface area contributed by atoms with Crippen LogP contribution in [0.25, 0.3) is 11.3 Å². The molecular weight excluding hydrogens is 376 g/mol. The Labute approximate surface area is 165 Å². The zero-order valence-corrected chi connectivity index (χ0v) is 16.4. The van der Waals surface area contributed by atoms with Crippen molar-refractivity contribution < 1.29 is 4.79 Å². The van der Waals surface area contributed by atoms with E-state index < -0.39 is 0 Å². The van der Waals surface area contributed by atoms with Gasteiger partial charge in [0.25, 0.3) is 17.0 Å². The van der Waals surface area contributed by atoms with E-state index in [1.807, 2.05) is 23.8 Å². The predicted octanol–water partition coefficient (Wildman–Crippen LogP) is 2.43. The van der Waals surface area contributed by atoms with Gasteiger partial charge in [0.1, 0.15) is 11.4 Å². The molecule has 1 atom stereocenters. The highest BCUT2D eigenvalue weighted by Gasteiger charge is 2.31. The van der Waals surface area contributed by atoms with Crippen LogP contribution in [0.15, 0.2) is 38.5 Å². The van der Waals surface area contributed by atoms with Gasteiger partial charge in [0.2, 0.25) is 0 Å². The minimum absolute atomic E-state index is 0.0686. The lowest BCUT2D eigenvalue weighted by atomic mass is 10.1. The van der Waals surface area contributed by atoms with E-state index in [-0.39, 0.29) is 28.5 Å². The van der Waals surface area contributed by atoms with Crippen molar-refractivity contribution >= 4 is 17.2 Å². The molecule has 1 aliphatic heterocycles. The molecule has 8 heteroatoms. The van der Waals surface area contributed by atoms with Gasteiger partial charge >= 0.3 is 0 Å². The molecule has 0 radical (unpaired) electrons. The van der Waals surface area contributed by atoms with Crippen molar-refractivity contribution in [3.8, 4) is 11.3 Å². The molecule has 0 spiro atoms. The summed E-state index contributed by atoms with van der Waals surface area (Å²) < 4.78 is 0. The van der Waals surface area contributed by atoms with E-state index in [1.54, 1.807) is 29.2 Å². The Morgan fingerprint density at radius 1 is 1.25 bits per heavy atom. The number of aryl methyl sites for hydroxylation is 2. The summed E-state index contributed by atoms with van der Waals surface area (Å²) in [4.78, 5) is 48.9. The molecule has 4 rings (SSSR count). The van der Waals surface area contributed by atoms with Crippen molar-refractivity contribution in [2.45, 2.75) is 26.2 Å². The number of hydrogen-bond donors (Lipinski definition) is 2. The Kier molecular flexibility index (Phi) is 4.72. The van der Waals surface area contributed by atoms with Crippen molar-refractivity contribution in [3.63, 3.8) is 0 Å². The van der Waals surface area contributed by atoms with Gasteiger partial charge in [-0.2, -0.15) is 11.3 Å². The van der Waals surface area contributed by atoms with Crippen LogP contribution in [0, 0.1) is 13.8 Å². The Balaban J connectivity index is 1.58. The van der Waals surface area contributed by atoms with E-state index in [2.05, 4.69) is 15.0 Å². The van der Waals surface area contributed by atoms with E-state index in [0.29, 0.717) is 31.0 Å². The van der Waals surface area contributed by atoms with E-state index in [0.717, 1.165) is 16.8 Å². The van der Waals surface area contributed by atoms with E-state index in [9.17, 15) is 14.4 Å². The second kappa shape index (κ2) is 7.20. The highest BCUT2D eigenvalue weighted by Crippen LogP contribution is 2.27. The van der Waals surface area contributed by atoms with Crippen molar-refractivity contribution in [2.75, 3.05) is 13.1 Å². The largest absolute Gasteiger partial charge is 0.338 e. The fraction of sp³-hybridized carbons (Fsp3) is 0.300. The maximum Gasteiger partial charge on any atom is 0.261 e. The third-order valence-electron chi connectivity index (χ3n) is 5.17. The third-order valence-corrected chi connectivity index (χ3v) is 5.85. The summed E-state index contributed by atoms with van der Waals surface area (Å²) in [6.07, 6.45) is 0.685. The highest BCUT2D eigenvalue weighted by atomic mass is 32.1. The monoisotopic (exact) mass is 396 g/mol. The van der Waals surface area contributed by atoms with Gasteiger partial charge in [-0.05, 0) is 43.3 Å². The predicted molar refractivity (Wildman–Crippen MR) is 108 cm³/mol. The lowest BCUT2D eigenvalue weighted by Crippen LogP contribution is -2.33. The maximum absolute atomic E-state index is 12.8. The van der Waals surface area contributed by atoms with Crippen LogP contribution >= 0.6 is 11.3 Å². The summed E-state index contributed by atoms with van der Waals surface area (Å²) in [6.45, 7) is 4.60. The van der Waals surface area contributed by atoms with Gasteiger partial charge in [-0.1, -0.05) is 0 Å². The van der Waals surface area contributed by atoms with Gasteiger partial charge in [0.15, 0.2) is 0 Å². The first-order chi connectivity index (χ1) is 13.4. The Morgan fingerprint density at radius 2 is 2.07 bits per heavy atom. The number of likely N-dealkylation sites (tertiary alicyclic amines) is 1. The molecule has 7 nitrogen and oxygen atoms in total. The summed E-state index contributed by atoms with van der Waals surface area (Å²) >= 11 is 1.55. The quantitative estimate of drug-likeness (QED) is 0.710. The van der Waals surface area contributed by atoms with Crippen molar-refractivity contribution in [1.29, 1.82) is 0 Å². The second-order valence-electron chi connectivity index (χ2n) is 7.08. The fourth-order valence-corrected chi connectivity index (χ4v) is 4.10. The molecule has 0 unspecified atom stereocenters. The van der Waals surface area contributed by atoms with Gasteiger partial charge in [-0.3, -0.25) is 14.4 Å². The molecule has 28 heavy (non-hydrogen) atoms. The SMILES string of the molecule is Cc1cc(C(=O)N2CC[C@@H](c3nc(-c4ccsc4)cc(=O)[nH]3)C2)c(=O)[nH]c1C. The second-order valence-corrected chi connectivity index (χ2v) is 7.86. The standard InChI is InChI=1S/C20H20N4O3S/c1-11-7-15(19(26)21-12(11)2)20(27)24-5-3-13(9-24)18-22-16(8-17(25)23-18)14-4-6-28-10-14/h4,6-8,10,13H,3,5,9H2,1-2H3,(H,21,26)(H,22,23,25)/t13-/m1/s1.